The molecule has 1 aliphatic carbocycles. The second-order valence-corrected chi connectivity index (χ2v) is 6.85. The minimum atomic E-state index is 0.448. The van der Waals surface area contributed by atoms with Gasteiger partial charge in [-0.2, -0.15) is 0 Å². The van der Waals surface area contributed by atoms with E-state index in [9.17, 15) is 0 Å². The zero-order valence-electron chi connectivity index (χ0n) is 13.3. The van der Waals surface area contributed by atoms with Gasteiger partial charge in [-0.25, -0.2) is 0 Å². The van der Waals surface area contributed by atoms with Gasteiger partial charge in [0.2, 0.25) is 0 Å². The molecule has 0 atom stereocenters. The smallest absolute Gasteiger partial charge is 0.117 e. The van der Waals surface area contributed by atoms with Crippen LogP contribution in [-0.2, 0) is 6.54 Å². The van der Waals surface area contributed by atoms with Crippen LogP contribution in [0.2, 0.25) is 0 Å². The van der Waals surface area contributed by atoms with E-state index < -0.39 is 0 Å². The van der Waals surface area contributed by atoms with Gasteiger partial charge in [-0.05, 0) is 37.4 Å². The van der Waals surface area contributed by atoms with E-state index in [1.54, 1.807) is 6.26 Å². The quantitative estimate of drug-likeness (QED) is 0.825. The monoisotopic (exact) mass is 278 g/mol. The summed E-state index contributed by atoms with van der Waals surface area (Å²) in [5.74, 6) is 1.07. The molecule has 0 aromatic carbocycles. The average molecular weight is 278 g/mol. The van der Waals surface area contributed by atoms with Gasteiger partial charge in [-0.3, -0.25) is 4.90 Å². The van der Waals surface area contributed by atoms with E-state index in [0.29, 0.717) is 11.5 Å². The van der Waals surface area contributed by atoms with Crippen LogP contribution in [0.25, 0.3) is 0 Å². The van der Waals surface area contributed by atoms with Crippen LogP contribution in [0.1, 0.15) is 51.7 Å². The van der Waals surface area contributed by atoms with Crippen molar-refractivity contribution in [1.29, 1.82) is 0 Å². The van der Waals surface area contributed by atoms with Crippen molar-refractivity contribution in [3.63, 3.8) is 0 Å². The predicted octanol–water partition coefficient (Wildman–Crippen LogP) is 3.66. The van der Waals surface area contributed by atoms with Gasteiger partial charge in [-0.15, -0.1) is 0 Å². The van der Waals surface area contributed by atoms with Crippen LogP contribution in [0.15, 0.2) is 22.8 Å². The molecule has 1 fully saturated rings. The second-order valence-electron chi connectivity index (χ2n) is 6.85. The summed E-state index contributed by atoms with van der Waals surface area (Å²) in [7, 11) is 2.22. The molecule has 0 bridgehead atoms. The van der Waals surface area contributed by atoms with Crippen molar-refractivity contribution in [2.45, 2.75) is 58.5 Å². The fourth-order valence-electron chi connectivity index (χ4n) is 3.41. The molecule has 20 heavy (non-hydrogen) atoms. The molecule has 0 saturated heterocycles. The van der Waals surface area contributed by atoms with E-state index in [4.69, 9.17) is 4.42 Å². The van der Waals surface area contributed by atoms with Crippen LogP contribution in [0.4, 0.5) is 0 Å². The highest BCUT2D eigenvalue weighted by Crippen LogP contribution is 2.36. The lowest BCUT2D eigenvalue weighted by Crippen LogP contribution is -2.45. The molecule has 0 aliphatic heterocycles. The first kappa shape index (κ1) is 15.6. The summed E-state index contributed by atoms with van der Waals surface area (Å²) in [6.07, 6.45) is 8.65. The molecule has 1 heterocycles. The zero-order chi connectivity index (χ0) is 14.4. The number of nitrogens with zero attached hydrogens (tertiary/aromatic N) is 1. The van der Waals surface area contributed by atoms with Crippen molar-refractivity contribution in [2.75, 3.05) is 20.1 Å². The van der Waals surface area contributed by atoms with Gasteiger partial charge in [0.05, 0.1) is 12.8 Å². The van der Waals surface area contributed by atoms with E-state index in [-0.39, 0.29) is 0 Å². The molecule has 1 aliphatic rings. The number of hydrogen-bond donors (Lipinski definition) is 1. The SMILES string of the molecule is CC(C)NCC1(CN(C)Cc2ccco2)CCCCC1. The van der Waals surface area contributed by atoms with Crippen molar-refractivity contribution in [2.24, 2.45) is 5.41 Å². The summed E-state index contributed by atoms with van der Waals surface area (Å²) in [6, 6.07) is 4.61. The molecule has 0 radical (unpaired) electrons. The number of furan rings is 1. The van der Waals surface area contributed by atoms with Gasteiger partial charge in [0.15, 0.2) is 0 Å². The summed E-state index contributed by atoms with van der Waals surface area (Å²) in [4.78, 5) is 2.42. The maximum Gasteiger partial charge on any atom is 0.117 e. The van der Waals surface area contributed by atoms with Crippen LogP contribution in [-0.4, -0.2) is 31.1 Å². The minimum Gasteiger partial charge on any atom is -0.468 e. The van der Waals surface area contributed by atoms with E-state index in [1.807, 2.05) is 6.07 Å². The predicted molar refractivity (Wildman–Crippen MR) is 83.7 cm³/mol. The van der Waals surface area contributed by atoms with Crippen LogP contribution in [0.3, 0.4) is 0 Å². The molecular formula is C17H30N2O. The van der Waals surface area contributed by atoms with Crippen LogP contribution >= 0.6 is 0 Å². The van der Waals surface area contributed by atoms with E-state index in [1.165, 1.54) is 32.1 Å². The second kappa shape index (κ2) is 7.28. The zero-order valence-corrected chi connectivity index (χ0v) is 13.3. The molecule has 1 saturated carbocycles. The van der Waals surface area contributed by atoms with Crippen molar-refractivity contribution in [3.05, 3.63) is 24.2 Å². The highest BCUT2D eigenvalue weighted by molar-refractivity contribution is 4.98. The molecule has 2 rings (SSSR count). The Morgan fingerprint density at radius 3 is 2.65 bits per heavy atom. The van der Waals surface area contributed by atoms with Gasteiger partial charge < -0.3 is 9.73 Å². The third kappa shape index (κ3) is 4.64. The Balaban J connectivity index is 1.92. The largest absolute Gasteiger partial charge is 0.468 e. The Bertz CT molecular complexity index is 366. The number of nitrogens with one attached hydrogen (secondary N) is 1. The first-order valence-corrected chi connectivity index (χ1v) is 8.04. The third-order valence-electron chi connectivity index (χ3n) is 4.41. The summed E-state index contributed by atoms with van der Waals surface area (Å²) in [6.45, 7) is 7.70. The first-order valence-electron chi connectivity index (χ1n) is 8.04. The number of rotatable bonds is 7. The van der Waals surface area contributed by atoms with Gasteiger partial charge in [0.25, 0.3) is 0 Å². The Hall–Kier alpha value is -0.800. The van der Waals surface area contributed by atoms with Gasteiger partial charge in [-0.1, -0.05) is 33.1 Å². The lowest BCUT2D eigenvalue weighted by molar-refractivity contribution is 0.107. The fourth-order valence-corrected chi connectivity index (χ4v) is 3.41. The summed E-state index contributed by atoms with van der Waals surface area (Å²) >= 11 is 0. The van der Waals surface area contributed by atoms with Crippen molar-refractivity contribution in [1.82, 2.24) is 10.2 Å². The molecule has 1 N–H and O–H groups in total. The normalized spacial score (nSPS) is 18.9. The van der Waals surface area contributed by atoms with Crippen LogP contribution in [0.5, 0.6) is 0 Å². The van der Waals surface area contributed by atoms with Crippen molar-refractivity contribution in [3.8, 4) is 0 Å². The lowest BCUT2D eigenvalue weighted by atomic mass is 9.73. The first-order chi connectivity index (χ1) is 9.60. The molecule has 3 nitrogen and oxygen atoms in total. The molecule has 0 spiro atoms. The Kier molecular flexibility index (Phi) is 5.67. The highest BCUT2D eigenvalue weighted by Gasteiger charge is 2.33. The summed E-state index contributed by atoms with van der Waals surface area (Å²) in [5.41, 5.74) is 0.448. The Morgan fingerprint density at radius 2 is 2.05 bits per heavy atom. The molecule has 1 aromatic heterocycles. The van der Waals surface area contributed by atoms with Gasteiger partial charge in [0, 0.05) is 19.1 Å². The topological polar surface area (TPSA) is 28.4 Å². The van der Waals surface area contributed by atoms with E-state index >= 15 is 0 Å². The lowest BCUT2D eigenvalue weighted by Gasteiger charge is -2.41. The van der Waals surface area contributed by atoms with Crippen molar-refractivity contribution >= 4 is 0 Å². The van der Waals surface area contributed by atoms with Gasteiger partial charge in [0.1, 0.15) is 5.76 Å². The van der Waals surface area contributed by atoms with Crippen molar-refractivity contribution < 1.29 is 4.42 Å². The molecular weight excluding hydrogens is 248 g/mol. The molecule has 114 valence electrons. The van der Waals surface area contributed by atoms with E-state index in [2.05, 4.69) is 37.2 Å². The fraction of sp³-hybridized carbons (Fsp3) is 0.765. The average Bonchev–Trinajstić information content (AvgIpc) is 2.90. The standard InChI is InChI=1S/C17H30N2O/c1-15(2)18-13-17(9-5-4-6-10-17)14-19(3)12-16-8-7-11-20-16/h7-8,11,15,18H,4-6,9-10,12-14H2,1-3H3. The minimum absolute atomic E-state index is 0.448. The Labute approximate surface area is 123 Å². The van der Waals surface area contributed by atoms with Crippen LogP contribution < -0.4 is 5.32 Å². The molecule has 3 heteroatoms. The number of hydrogen-bond acceptors (Lipinski definition) is 3. The molecule has 0 amide bonds. The van der Waals surface area contributed by atoms with Crippen LogP contribution in [0, 0.1) is 5.41 Å². The molecule has 1 aromatic rings. The third-order valence-corrected chi connectivity index (χ3v) is 4.41. The summed E-state index contributed by atoms with van der Waals surface area (Å²) < 4.78 is 5.47. The van der Waals surface area contributed by atoms with E-state index in [0.717, 1.165) is 25.4 Å². The Morgan fingerprint density at radius 1 is 1.30 bits per heavy atom. The highest BCUT2D eigenvalue weighted by atomic mass is 16.3. The summed E-state index contributed by atoms with van der Waals surface area (Å²) in [5, 5.41) is 3.67. The van der Waals surface area contributed by atoms with Gasteiger partial charge >= 0.3 is 0 Å². The maximum absolute atomic E-state index is 5.47. The molecule has 0 unspecified atom stereocenters. The maximum atomic E-state index is 5.47.